The van der Waals surface area contributed by atoms with Crippen LogP contribution in [-0.4, -0.2) is 12.4 Å². The molecule has 0 saturated heterocycles. The Balaban J connectivity index is 2.38. The lowest BCUT2D eigenvalue weighted by Gasteiger charge is -2.11. The SMILES string of the molecule is CC(C)C1CN=C(NC#N)C1. The highest BCUT2D eigenvalue weighted by Gasteiger charge is 2.20. The molecule has 0 aromatic heterocycles. The zero-order chi connectivity index (χ0) is 8.27. The summed E-state index contributed by atoms with van der Waals surface area (Å²) in [6, 6.07) is 0. The minimum absolute atomic E-state index is 0.630. The lowest BCUT2D eigenvalue weighted by molar-refractivity contribution is 0.425. The van der Waals surface area contributed by atoms with Gasteiger partial charge in [-0.1, -0.05) is 13.8 Å². The van der Waals surface area contributed by atoms with Crippen molar-refractivity contribution in [3.05, 3.63) is 0 Å². The van der Waals surface area contributed by atoms with Gasteiger partial charge < -0.3 is 0 Å². The lowest BCUT2D eigenvalue weighted by Crippen LogP contribution is -2.17. The molecule has 0 aromatic rings. The van der Waals surface area contributed by atoms with Gasteiger partial charge in [-0.15, -0.1) is 0 Å². The summed E-state index contributed by atoms with van der Waals surface area (Å²) in [7, 11) is 0. The third kappa shape index (κ3) is 1.94. The molecule has 1 heterocycles. The predicted octanol–water partition coefficient (Wildman–Crippen LogP) is 1.13. The van der Waals surface area contributed by atoms with Crippen molar-refractivity contribution < 1.29 is 0 Å². The van der Waals surface area contributed by atoms with Crippen LogP contribution in [0.2, 0.25) is 0 Å². The summed E-state index contributed by atoms with van der Waals surface area (Å²) in [6.45, 7) is 5.26. The molecule has 0 saturated carbocycles. The third-order valence-corrected chi connectivity index (χ3v) is 2.12. The molecule has 0 bridgehead atoms. The van der Waals surface area contributed by atoms with Crippen molar-refractivity contribution >= 4 is 5.84 Å². The van der Waals surface area contributed by atoms with E-state index in [-0.39, 0.29) is 0 Å². The van der Waals surface area contributed by atoms with Gasteiger partial charge in [0.05, 0.1) is 0 Å². The molecule has 1 unspecified atom stereocenters. The molecule has 11 heavy (non-hydrogen) atoms. The quantitative estimate of drug-likeness (QED) is 0.451. The number of nitrogens with one attached hydrogen (secondary N) is 1. The number of aliphatic imine (C=N–C) groups is 1. The molecule has 60 valence electrons. The Morgan fingerprint density at radius 1 is 1.73 bits per heavy atom. The molecule has 0 amide bonds. The van der Waals surface area contributed by atoms with Gasteiger partial charge in [0.25, 0.3) is 0 Å². The molecule has 3 nitrogen and oxygen atoms in total. The van der Waals surface area contributed by atoms with Crippen LogP contribution in [-0.2, 0) is 0 Å². The number of hydrogen-bond acceptors (Lipinski definition) is 3. The Hall–Kier alpha value is -1.04. The average molecular weight is 151 g/mol. The van der Waals surface area contributed by atoms with Crippen molar-refractivity contribution in [2.45, 2.75) is 20.3 Å². The van der Waals surface area contributed by atoms with Crippen molar-refractivity contribution in [2.24, 2.45) is 16.8 Å². The highest BCUT2D eigenvalue weighted by Crippen LogP contribution is 2.20. The van der Waals surface area contributed by atoms with E-state index in [1.807, 2.05) is 6.19 Å². The van der Waals surface area contributed by atoms with Crippen LogP contribution in [0.4, 0.5) is 0 Å². The maximum absolute atomic E-state index is 8.31. The normalized spacial score (nSPS) is 23.1. The molecular weight excluding hydrogens is 138 g/mol. The second-order valence-electron chi connectivity index (χ2n) is 3.23. The molecule has 3 heteroatoms. The van der Waals surface area contributed by atoms with Crippen LogP contribution in [0.3, 0.4) is 0 Å². The number of hydrogen-bond donors (Lipinski definition) is 1. The second kappa shape index (κ2) is 3.38. The van der Waals surface area contributed by atoms with Gasteiger partial charge >= 0.3 is 0 Å². The Kier molecular flexibility index (Phi) is 2.48. The van der Waals surface area contributed by atoms with E-state index in [4.69, 9.17) is 5.26 Å². The summed E-state index contributed by atoms with van der Waals surface area (Å²) in [5, 5.41) is 10.9. The van der Waals surface area contributed by atoms with Crippen LogP contribution in [0.1, 0.15) is 20.3 Å². The van der Waals surface area contributed by atoms with Crippen molar-refractivity contribution in [2.75, 3.05) is 6.54 Å². The summed E-state index contributed by atoms with van der Waals surface area (Å²) >= 11 is 0. The molecule has 1 rings (SSSR count). The van der Waals surface area contributed by atoms with E-state index in [1.54, 1.807) is 0 Å². The summed E-state index contributed by atoms with van der Waals surface area (Å²) in [5.74, 6) is 2.15. The van der Waals surface area contributed by atoms with Crippen molar-refractivity contribution in [3.8, 4) is 6.19 Å². The first kappa shape index (κ1) is 8.06. The number of nitriles is 1. The Morgan fingerprint density at radius 2 is 2.45 bits per heavy atom. The molecule has 0 aliphatic carbocycles. The van der Waals surface area contributed by atoms with Crippen LogP contribution in [0, 0.1) is 23.3 Å². The maximum Gasteiger partial charge on any atom is 0.182 e. The highest BCUT2D eigenvalue weighted by atomic mass is 15.0. The monoisotopic (exact) mass is 151 g/mol. The molecule has 1 N–H and O–H groups in total. The van der Waals surface area contributed by atoms with Crippen molar-refractivity contribution in [3.63, 3.8) is 0 Å². The van der Waals surface area contributed by atoms with Crippen LogP contribution in [0.5, 0.6) is 0 Å². The van der Waals surface area contributed by atoms with Gasteiger partial charge in [0, 0.05) is 13.0 Å². The van der Waals surface area contributed by atoms with Gasteiger partial charge in [-0.3, -0.25) is 10.3 Å². The fourth-order valence-corrected chi connectivity index (χ4v) is 1.21. The van der Waals surface area contributed by atoms with E-state index in [9.17, 15) is 0 Å². The average Bonchev–Trinajstić information content (AvgIpc) is 2.37. The second-order valence-corrected chi connectivity index (χ2v) is 3.23. The van der Waals surface area contributed by atoms with Crippen LogP contribution < -0.4 is 5.32 Å². The number of rotatable bonds is 1. The van der Waals surface area contributed by atoms with Crippen molar-refractivity contribution in [1.29, 1.82) is 5.26 Å². The van der Waals surface area contributed by atoms with E-state index < -0.39 is 0 Å². The van der Waals surface area contributed by atoms with Crippen molar-refractivity contribution in [1.82, 2.24) is 5.32 Å². The molecule has 0 spiro atoms. The van der Waals surface area contributed by atoms with E-state index in [0.717, 1.165) is 18.8 Å². The van der Waals surface area contributed by atoms with Gasteiger partial charge in [0.15, 0.2) is 6.19 Å². The third-order valence-electron chi connectivity index (χ3n) is 2.12. The van der Waals surface area contributed by atoms with Gasteiger partial charge in [-0.2, -0.15) is 5.26 Å². The molecular formula is C8H13N3. The minimum atomic E-state index is 0.630. The molecule has 1 aliphatic heterocycles. The summed E-state index contributed by atoms with van der Waals surface area (Å²) in [5.41, 5.74) is 0. The summed E-state index contributed by atoms with van der Waals surface area (Å²) in [4.78, 5) is 4.21. The molecule has 0 fully saturated rings. The van der Waals surface area contributed by atoms with E-state index in [0.29, 0.717) is 11.8 Å². The smallest absolute Gasteiger partial charge is 0.182 e. The van der Waals surface area contributed by atoms with Gasteiger partial charge in [-0.25, -0.2) is 0 Å². The van der Waals surface area contributed by atoms with Gasteiger partial charge in [0.2, 0.25) is 0 Å². The van der Waals surface area contributed by atoms with E-state index in [2.05, 4.69) is 24.2 Å². The van der Waals surface area contributed by atoms with Crippen LogP contribution in [0.15, 0.2) is 4.99 Å². The predicted molar refractivity (Wildman–Crippen MR) is 44.0 cm³/mol. The molecule has 1 aliphatic rings. The van der Waals surface area contributed by atoms with Gasteiger partial charge in [0.1, 0.15) is 5.84 Å². The Morgan fingerprint density at radius 3 is 2.91 bits per heavy atom. The van der Waals surface area contributed by atoms with E-state index in [1.165, 1.54) is 0 Å². The highest BCUT2D eigenvalue weighted by molar-refractivity contribution is 5.85. The van der Waals surface area contributed by atoms with E-state index >= 15 is 0 Å². The minimum Gasteiger partial charge on any atom is -0.281 e. The Labute approximate surface area is 67.1 Å². The number of nitrogens with zero attached hydrogens (tertiary/aromatic N) is 2. The molecule has 1 atom stereocenters. The Bertz CT molecular complexity index is 200. The first-order valence-corrected chi connectivity index (χ1v) is 3.92. The lowest BCUT2D eigenvalue weighted by atomic mass is 9.94. The topological polar surface area (TPSA) is 48.2 Å². The first-order chi connectivity index (χ1) is 5.24. The largest absolute Gasteiger partial charge is 0.281 e. The first-order valence-electron chi connectivity index (χ1n) is 3.92. The zero-order valence-corrected chi connectivity index (χ0v) is 6.96. The van der Waals surface area contributed by atoms with Crippen LogP contribution in [0.25, 0.3) is 0 Å². The zero-order valence-electron chi connectivity index (χ0n) is 6.96. The maximum atomic E-state index is 8.31. The molecule has 0 aromatic carbocycles. The fraction of sp³-hybridized carbons (Fsp3) is 0.750. The summed E-state index contributed by atoms with van der Waals surface area (Å²) < 4.78 is 0. The summed E-state index contributed by atoms with van der Waals surface area (Å²) in [6.07, 6.45) is 2.82. The standard InChI is InChI=1S/C8H13N3/c1-6(2)7-3-8(10-4-7)11-5-9/h6-7H,3-4H2,1-2H3,(H,10,11). The number of amidine groups is 1. The fourth-order valence-electron chi connectivity index (χ4n) is 1.21. The molecule has 0 radical (unpaired) electrons. The van der Waals surface area contributed by atoms with Crippen LogP contribution >= 0.6 is 0 Å². The van der Waals surface area contributed by atoms with Gasteiger partial charge in [-0.05, 0) is 11.8 Å².